The summed E-state index contributed by atoms with van der Waals surface area (Å²) in [6, 6.07) is 3.76. The Labute approximate surface area is 86.0 Å². The van der Waals surface area contributed by atoms with Gasteiger partial charge in [-0.15, -0.1) is 0 Å². The molecule has 0 heterocycles. The van der Waals surface area contributed by atoms with Crippen LogP contribution in [-0.4, -0.2) is 14.2 Å². The maximum absolute atomic E-state index is 5.56. The third-order valence-corrected chi connectivity index (χ3v) is 2.20. The number of hydrogen-bond donors (Lipinski definition) is 1. The molecule has 0 atom stereocenters. The maximum atomic E-state index is 5.56. The minimum Gasteiger partial charge on any atom is -0.493 e. The van der Waals surface area contributed by atoms with E-state index < -0.39 is 0 Å². The van der Waals surface area contributed by atoms with Gasteiger partial charge >= 0.3 is 0 Å². The Morgan fingerprint density at radius 2 is 2.00 bits per heavy atom. The molecular formula is C9H12BrNO2. The second kappa shape index (κ2) is 4.48. The predicted molar refractivity (Wildman–Crippen MR) is 55.1 cm³/mol. The summed E-state index contributed by atoms with van der Waals surface area (Å²) < 4.78 is 11.3. The Kier molecular flexibility index (Phi) is 3.57. The lowest BCUT2D eigenvalue weighted by Gasteiger charge is -2.11. The Bertz CT molecular complexity index is 277. The Morgan fingerprint density at radius 1 is 1.31 bits per heavy atom. The summed E-state index contributed by atoms with van der Waals surface area (Å²) in [4.78, 5) is 0. The standard InChI is InChI=1S/C9H12BrNO2/c1-12-8-4-7(10)3-6(5-11)9(8)13-2/h3-4H,5,11H2,1-2H3. The molecule has 2 N–H and O–H groups in total. The minimum atomic E-state index is 0.430. The Hall–Kier alpha value is -0.740. The van der Waals surface area contributed by atoms with Crippen molar-refractivity contribution < 1.29 is 9.47 Å². The highest BCUT2D eigenvalue weighted by molar-refractivity contribution is 9.10. The van der Waals surface area contributed by atoms with Crippen molar-refractivity contribution in [2.45, 2.75) is 6.54 Å². The molecule has 72 valence electrons. The quantitative estimate of drug-likeness (QED) is 0.886. The summed E-state index contributed by atoms with van der Waals surface area (Å²) >= 11 is 3.37. The van der Waals surface area contributed by atoms with Gasteiger partial charge in [0.2, 0.25) is 0 Å². The molecular weight excluding hydrogens is 234 g/mol. The second-order valence-electron chi connectivity index (χ2n) is 2.50. The van der Waals surface area contributed by atoms with Gasteiger partial charge < -0.3 is 15.2 Å². The van der Waals surface area contributed by atoms with Gasteiger partial charge in [-0.2, -0.15) is 0 Å². The van der Waals surface area contributed by atoms with Crippen molar-refractivity contribution in [2.75, 3.05) is 14.2 Å². The summed E-state index contributed by atoms with van der Waals surface area (Å²) in [5.41, 5.74) is 6.49. The van der Waals surface area contributed by atoms with Crippen LogP contribution in [-0.2, 0) is 6.54 Å². The topological polar surface area (TPSA) is 44.5 Å². The fraction of sp³-hybridized carbons (Fsp3) is 0.333. The zero-order chi connectivity index (χ0) is 9.84. The summed E-state index contributed by atoms with van der Waals surface area (Å²) in [6.07, 6.45) is 0. The SMILES string of the molecule is COc1cc(Br)cc(CN)c1OC. The van der Waals surface area contributed by atoms with E-state index in [9.17, 15) is 0 Å². The molecule has 0 spiro atoms. The van der Waals surface area contributed by atoms with Gasteiger partial charge in [-0.25, -0.2) is 0 Å². The van der Waals surface area contributed by atoms with Crippen molar-refractivity contribution in [1.82, 2.24) is 0 Å². The van der Waals surface area contributed by atoms with E-state index in [1.807, 2.05) is 12.1 Å². The lowest BCUT2D eigenvalue weighted by Crippen LogP contribution is -2.01. The van der Waals surface area contributed by atoms with E-state index in [0.29, 0.717) is 18.0 Å². The van der Waals surface area contributed by atoms with Gasteiger partial charge in [0.15, 0.2) is 11.5 Å². The van der Waals surface area contributed by atoms with E-state index in [1.54, 1.807) is 14.2 Å². The van der Waals surface area contributed by atoms with E-state index >= 15 is 0 Å². The monoisotopic (exact) mass is 245 g/mol. The van der Waals surface area contributed by atoms with Crippen LogP contribution in [0.25, 0.3) is 0 Å². The Morgan fingerprint density at radius 3 is 2.46 bits per heavy atom. The predicted octanol–water partition coefficient (Wildman–Crippen LogP) is 1.92. The van der Waals surface area contributed by atoms with Crippen LogP contribution in [0.15, 0.2) is 16.6 Å². The molecule has 0 unspecified atom stereocenters. The van der Waals surface area contributed by atoms with Gasteiger partial charge in [0, 0.05) is 16.6 Å². The molecule has 0 bridgehead atoms. The first-order chi connectivity index (χ1) is 6.22. The van der Waals surface area contributed by atoms with Crippen molar-refractivity contribution in [3.8, 4) is 11.5 Å². The smallest absolute Gasteiger partial charge is 0.165 e. The fourth-order valence-electron chi connectivity index (χ4n) is 1.16. The molecule has 0 amide bonds. The highest BCUT2D eigenvalue weighted by Crippen LogP contribution is 2.34. The first-order valence-electron chi connectivity index (χ1n) is 3.83. The van der Waals surface area contributed by atoms with Gasteiger partial charge in [0.25, 0.3) is 0 Å². The van der Waals surface area contributed by atoms with Crippen molar-refractivity contribution in [1.29, 1.82) is 0 Å². The van der Waals surface area contributed by atoms with Crippen molar-refractivity contribution in [3.63, 3.8) is 0 Å². The van der Waals surface area contributed by atoms with E-state index in [-0.39, 0.29) is 0 Å². The van der Waals surface area contributed by atoms with E-state index in [1.165, 1.54) is 0 Å². The van der Waals surface area contributed by atoms with Crippen LogP contribution in [0.5, 0.6) is 11.5 Å². The third kappa shape index (κ3) is 2.14. The molecule has 0 saturated heterocycles. The van der Waals surface area contributed by atoms with E-state index in [0.717, 1.165) is 10.0 Å². The van der Waals surface area contributed by atoms with Crippen molar-refractivity contribution in [2.24, 2.45) is 5.73 Å². The molecule has 0 aliphatic rings. The number of halogens is 1. The van der Waals surface area contributed by atoms with Gasteiger partial charge in [-0.3, -0.25) is 0 Å². The molecule has 0 aromatic heterocycles. The largest absolute Gasteiger partial charge is 0.493 e. The zero-order valence-electron chi connectivity index (χ0n) is 7.63. The first-order valence-corrected chi connectivity index (χ1v) is 4.62. The lowest BCUT2D eigenvalue weighted by molar-refractivity contribution is 0.351. The lowest BCUT2D eigenvalue weighted by atomic mass is 10.2. The van der Waals surface area contributed by atoms with Gasteiger partial charge in [0.05, 0.1) is 14.2 Å². The average molecular weight is 246 g/mol. The van der Waals surface area contributed by atoms with Crippen LogP contribution in [0.2, 0.25) is 0 Å². The maximum Gasteiger partial charge on any atom is 0.165 e. The van der Waals surface area contributed by atoms with E-state index in [2.05, 4.69) is 15.9 Å². The Balaban J connectivity index is 3.25. The van der Waals surface area contributed by atoms with E-state index in [4.69, 9.17) is 15.2 Å². The number of nitrogens with two attached hydrogens (primary N) is 1. The summed E-state index contributed by atoms with van der Waals surface area (Å²) in [5, 5.41) is 0. The summed E-state index contributed by atoms with van der Waals surface area (Å²) in [7, 11) is 3.20. The number of benzene rings is 1. The highest BCUT2D eigenvalue weighted by atomic mass is 79.9. The second-order valence-corrected chi connectivity index (χ2v) is 3.42. The number of ether oxygens (including phenoxy) is 2. The summed E-state index contributed by atoms with van der Waals surface area (Å²) in [5.74, 6) is 1.39. The van der Waals surface area contributed by atoms with Crippen molar-refractivity contribution >= 4 is 15.9 Å². The van der Waals surface area contributed by atoms with Crippen LogP contribution in [0.1, 0.15) is 5.56 Å². The minimum absolute atomic E-state index is 0.430. The van der Waals surface area contributed by atoms with Gasteiger partial charge in [0.1, 0.15) is 0 Å². The fourth-order valence-corrected chi connectivity index (χ4v) is 1.64. The molecule has 0 saturated carbocycles. The van der Waals surface area contributed by atoms with Crippen LogP contribution >= 0.6 is 15.9 Å². The summed E-state index contributed by atoms with van der Waals surface area (Å²) in [6.45, 7) is 0.430. The number of methoxy groups -OCH3 is 2. The number of rotatable bonds is 3. The van der Waals surface area contributed by atoms with Crippen LogP contribution in [0.3, 0.4) is 0 Å². The van der Waals surface area contributed by atoms with Crippen molar-refractivity contribution in [3.05, 3.63) is 22.2 Å². The first kappa shape index (κ1) is 10.3. The molecule has 4 heteroatoms. The normalized spacial score (nSPS) is 9.85. The van der Waals surface area contributed by atoms with Crippen LogP contribution < -0.4 is 15.2 Å². The molecule has 0 radical (unpaired) electrons. The molecule has 0 aliphatic heterocycles. The van der Waals surface area contributed by atoms with Crippen LogP contribution in [0, 0.1) is 0 Å². The molecule has 1 aromatic rings. The number of hydrogen-bond acceptors (Lipinski definition) is 3. The highest BCUT2D eigenvalue weighted by Gasteiger charge is 2.09. The zero-order valence-corrected chi connectivity index (χ0v) is 9.22. The molecule has 0 aliphatic carbocycles. The van der Waals surface area contributed by atoms with Gasteiger partial charge in [-0.1, -0.05) is 15.9 Å². The molecule has 3 nitrogen and oxygen atoms in total. The molecule has 1 rings (SSSR count). The third-order valence-electron chi connectivity index (χ3n) is 1.74. The van der Waals surface area contributed by atoms with Crippen LogP contribution in [0.4, 0.5) is 0 Å². The molecule has 1 aromatic carbocycles. The van der Waals surface area contributed by atoms with Gasteiger partial charge in [-0.05, 0) is 12.1 Å². The molecule has 13 heavy (non-hydrogen) atoms. The average Bonchev–Trinajstić information content (AvgIpc) is 2.16. The molecule has 0 fully saturated rings.